The molecule has 6 nitrogen and oxygen atoms in total. The van der Waals surface area contributed by atoms with E-state index in [1.54, 1.807) is 6.20 Å². The third-order valence-electron chi connectivity index (χ3n) is 6.26. The van der Waals surface area contributed by atoms with Crippen LogP contribution in [0, 0.1) is 0 Å². The first-order valence-corrected chi connectivity index (χ1v) is 11.9. The van der Waals surface area contributed by atoms with Gasteiger partial charge in [0.05, 0.1) is 18.4 Å². The highest BCUT2D eigenvalue weighted by Crippen LogP contribution is 2.31. The average Bonchev–Trinajstić information content (AvgIpc) is 3.50. The molecule has 1 aliphatic rings. The molecule has 0 radical (unpaired) electrons. The van der Waals surface area contributed by atoms with Gasteiger partial charge in [-0.1, -0.05) is 54.9 Å². The smallest absolute Gasteiger partial charge is 0.223 e. The van der Waals surface area contributed by atoms with E-state index in [9.17, 15) is 4.79 Å². The fourth-order valence-corrected chi connectivity index (χ4v) is 4.34. The Morgan fingerprint density at radius 3 is 2.56 bits per heavy atom. The van der Waals surface area contributed by atoms with Gasteiger partial charge in [-0.2, -0.15) is 0 Å². The van der Waals surface area contributed by atoms with E-state index in [1.165, 1.54) is 5.56 Å². The van der Waals surface area contributed by atoms with Gasteiger partial charge in [-0.05, 0) is 35.7 Å². The molecule has 4 aromatic rings. The molecule has 1 amide bonds. The first-order valence-electron chi connectivity index (χ1n) is 11.5. The van der Waals surface area contributed by atoms with Gasteiger partial charge in [0.25, 0.3) is 0 Å². The SMILES string of the molecule is CC(C)c1ccc(-c2cnc(CCC(=O)N3CCc4noc(-c5ccc(Cl)cc5)c4C3)o2)cc1. The number of amides is 1. The van der Waals surface area contributed by atoms with E-state index in [4.69, 9.17) is 20.5 Å². The summed E-state index contributed by atoms with van der Waals surface area (Å²) in [5.74, 6) is 2.54. The standard InChI is InChI=1S/C27H26ClN3O3/c1-17(2)18-3-5-19(6-4-18)24-15-29-25(33-24)11-12-26(32)31-14-13-23-22(16-31)27(34-30-23)20-7-9-21(28)10-8-20/h3-10,15,17H,11-14,16H2,1-2H3. The Morgan fingerprint density at radius 2 is 1.82 bits per heavy atom. The largest absolute Gasteiger partial charge is 0.441 e. The Kier molecular flexibility index (Phi) is 6.24. The van der Waals surface area contributed by atoms with Gasteiger partial charge in [-0.15, -0.1) is 0 Å². The van der Waals surface area contributed by atoms with Crippen LogP contribution in [0.5, 0.6) is 0 Å². The third-order valence-corrected chi connectivity index (χ3v) is 6.52. The monoisotopic (exact) mass is 475 g/mol. The zero-order valence-corrected chi connectivity index (χ0v) is 20.0. The molecule has 0 aliphatic carbocycles. The lowest BCUT2D eigenvalue weighted by atomic mass is 10.0. The molecule has 0 saturated carbocycles. The lowest BCUT2D eigenvalue weighted by Gasteiger charge is -2.26. The van der Waals surface area contributed by atoms with E-state index in [2.05, 4.69) is 36.1 Å². The van der Waals surface area contributed by atoms with E-state index in [0.29, 0.717) is 54.9 Å². The van der Waals surface area contributed by atoms with E-state index >= 15 is 0 Å². The van der Waals surface area contributed by atoms with Crippen LogP contribution in [0.25, 0.3) is 22.6 Å². The highest BCUT2D eigenvalue weighted by molar-refractivity contribution is 6.30. The molecule has 0 fully saturated rings. The number of hydrogen-bond donors (Lipinski definition) is 0. The van der Waals surface area contributed by atoms with Crippen molar-refractivity contribution in [2.45, 2.75) is 45.6 Å². The van der Waals surface area contributed by atoms with Crippen LogP contribution in [0.15, 0.2) is 63.7 Å². The van der Waals surface area contributed by atoms with Gasteiger partial charge in [0.2, 0.25) is 5.91 Å². The van der Waals surface area contributed by atoms with E-state index < -0.39 is 0 Å². The number of oxazole rings is 1. The Bertz CT molecular complexity index is 1290. The van der Waals surface area contributed by atoms with Crippen LogP contribution in [-0.4, -0.2) is 27.5 Å². The Hall–Kier alpha value is -3.38. The van der Waals surface area contributed by atoms with Crippen molar-refractivity contribution in [3.63, 3.8) is 0 Å². The maximum absolute atomic E-state index is 13.0. The summed E-state index contributed by atoms with van der Waals surface area (Å²) in [6.45, 7) is 5.44. The quantitative estimate of drug-likeness (QED) is 0.327. The van der Waals surface area contributed by atoms with Crippen molar-refractivity contribution in [1.82, 2.24) is 15.0 Å². The molecule has 0 saturated heterocycles. The summed E-state index contributed by atoms with van der Waals surface area (Å²) < 4.78 is 11.5. The number of aromatic nitrogens is 2. The van der Waals surface area contributed by atoms with E-state index in [-0.39, 0.29) is 5.91 Å². The molecular weight excluding hydrogens is 450 g/mol. The summed E-state index contributed by atoms with van der Waals surface area (Å²) in [5.41, 5.74) is 5.05. The Labute approximate surface area is 203 Å². The summed E-state index contributed by atoms with van der Waals surface area (Å²) >= 11 is 6.01. The van der Waals surface area contributed by atoms with Crippen molar-refractivity contribution in [3.05, 3.63) is 82.5 Å². The zero-order chi connectivity index (χ0) is 23.7. The number of benzene rings is 2. The fourth-order valence-electron chi connectivity index (χ4n) is 4.22. The summed E-state index contributed by atoms with van der Waals surface area (Å²) in [5, 5.41) is 4.88. The van der Waals surface area contributed by atoms with Crippen molar-refractivity contribution < 1.29 is 13.7 Å². The second-order valence-corrected chi connectivity index (χ2v) is 9.34. The number of hydrogen-bond acceptors (Lipinski definition) is 5. The number of carbonyl (C=O) groups excluding carboxylic acids is 1. The van der Waals surface area contributed by atoms with Gasteiger partial charge in [0.15, 0.2) is 17.4 Å². The predicted octanol–water partition coefficient (Wildman–Crippen LogP) is 6.29. The number of rotatable bonds is 6. The molecule has 5 rings (SSSR count). The maximum atomic E-state index is 13.0. The summed E-state index contributed by atoms with van der Waals surface area (Å²) in [7, 11) is 0. The van der Waals surface area contributed by atoms with Crippen molar-refractivity contribution in [2.75, 3.05) is 6.54 Å². The van der Waals surface area contributed by atoms with Crippen LogP contribution in [0.2, 0.25) is 5.02 Å². The van der Waals surface area contributed by atoms with Crippen molar-refractivity contribution >= 4 is 17.5 Å². The van der Waals surface area contributed by atoms with E-state index in [1.807, 2.05) is 41.3 Å². The van der Waals surface area contributed by atoms with Gasteiger partial charge in [-0.3, -0.25) is 4.79 Å². The van der Waals surface area contributed by atoms with Gasteiger partial charge < -0.3 is 13.8 Å². The predicted molar refractivity (Wildman–Crippen MR) is 130 cm³/mol. The normalized spacial score (nSPS) is 13.4. The molecule has 3 heterocycles. The summed E-state index contributed by atoms with van der Waals surface area (Å²) in [6.07, 6.45) is 3.20. The molecule has 0 unspecified atom stereocenters. The van der Waals surface area contributed by atoms with Crippen LogP contribution >= 0.6 is 11.6 Å². The lowest BCUT2D eigenvalue weighted by molar-refractivity contribution is -0.132. The first-order chi connectivity index (χ1) is 16.5. The van der Waals surface area contributed by atoms with Crippen molar-refractivity contribution in [3.8, 4) is 22.6 Å². The molecule has 1 aliphatic heterocycles. The topological polar surface area (TPSA) is 72.4 Å². The maximum Gasteiger partial charge on any atom is 0.223 e. The highest BCUT2D eigenvalue weighted by atomic mass is 35.5. The minimum Gasteiger partial charge on any atom is -0.441 e. The third kappa shape index (κ3) is 4.64. The Morgan fingerprint density at radius 1 is 1.09 bits per heavy atom. The fraction of sp³-hybridized carbons (Fsp3) is 0.296. The first kappa shape index (κ1) is 22.4. The van der Waals surface area contributed by atoms with E-state index in [0.717, 1.165) is 28.1 Å². The van der Waals surface area contributed by atoms with Gasteiger partial charge >= 0.3 is 0 Å². The highest BCUT2D eigenvalue weighted by Gasteiger charge is 2.27. The summed E-state index contributed by atoms with van der Waals surface area (Å²) in [6, 6.07) is 15.8. The molecule has 0 bridgehead atoms. The Balaban J connectivity index is 1.22. The van der Waals surface area contributed by atoms with Gasteiger partial charge in [-0.25, -0.2) is 4.98 Å². The second-order valence-electron chi connectivity index (χ2n) is 8.90. The van der Waals surface area contributed by atoms with Crippen LogP contribution in [0.4, 0.5) is 0 Å². The number of nitrogens with zero attached hydrogens (tertiary/aromatic N) is 3. The minimum atomic E-state index is 0.0648. The number of carbonyl (C=O) groups is 1. The lowest BCUT2D eigenvalue weighted by Crippen LogP contribution is -2.36. The molecule has 2 aromatic heterocycles. The van der Waals surface area contributed by atoms with Crippen molar-refractivity contribution in [1.29, 1.82) is 0 Å². The van der Waals surface area contributed by atoms with Crippen LogP contribution in [-0.2, 0) is 24.2 Å². The molecule has 174 valence electrons. The molecule has 0 spiro atoms. The van der Waals surface area contributed by atoms with Crippen molar-refractivity contribution in [2.24, 2.45) is 0 Å². The minimum absolute atomic E-state index is 0.0648. The van der Waals surface area contributed by atoms with Crippen LogP contribution in [0.3, 0.4) is 0 Å². The van der Waals surface area contributed by atoms with Crippen LogP contribution < -0.4 is 0 Å². The summed E-state index contributed by atoms with van der Waals surface area (Å²) in [4.78, 5) is 19.2. The zero-order valence-electron chi connectivity index (χ0n) is 19.3. The number of halogens is 1. The molecule has 0 N–H and O–H groups in total. The average molecular weight is 476 g/mol. The van der Waals surface area contributed by atoms with Crippen LogP contribution in [0.1, 0.15) is 48.9 Å². The number of aryl methyl sites for hydroxylation is 1. The molecule has 7 heteroatoms. The van der Waals surface area contributed by atoms with Gasteiger partial charge in [0, 0.05) is 47.5 Å². The number of fused-ring (bicyclic) bond motifs is 1. The second kappa shape index (κ2) is 9.47. The molecular formula is C27H26ClN3O3. The molecule has 0 atom stereocenters. The molecule has 2 aromatic carbocycles. The van der Waals surface area contributed by atoms with Gasteiger partial charge in [0.1, 0.15) is 0 Å². The molecule has 34 heavy (non-hydrogen) atoms.